The maximum atomic E-state index is 11.5. The Hall–Kier alpha value is -1.49. The minimum absolute atomic E-state index is 0.0623. The van der Waals surface area contributed by atoms with E-state index in [1.54, 1.807) is 0 Å². The normalized spacial score (nSPS) is 20.1. The van der Waals surface area contributed by atoms with Gasteiger partial charge in [0.15, 0.2) is 5.78 Å². The predicted molar refractivity (Wildman–Crippen MR) is 72.6 cm³/mol. The predicted octanol–water partition coefficient (Wildman–Crippen LogP) is 1.62. The van der Waals surface area contributed by atoms with Crippen LogP contribution in [0.5, 0.6) is 0 Å². The van der Waals surface area contributed by atoms with Crippen LogP contribution in [-0.4, -0.2) is 43.2 Å². The number of carbonyl (C=O) groups excluding carboxylic acids is 1. The van der Waals surface area contributed by atoms with Crippen LogP contribution in [0.25, 0.3) is 0 Å². The number of ether oxygens (including phenoxy) is 2. The fourth-order valence-electron chi connectivity index (χ4n) is 1.99. The number of benzene rings is 1. The average molecular weight is 261 g/mol. The van der Waals surface area contributed by atoms with E-state index in [4.69, 9.17) is 9.47 Å². The van der Waals surface area contributed by atoms with Crippen LogP contribution < -0.4 is 0 Å². The summed E-state index contributed by atoms with van der Waals surface area (Å²) in [6.45, 7) is 6.49. The van der Waals surface area contributed by atoms with Crippen molar-refractivity contribution in [2.75, 3.05) is 26.4 Å². The molecule has 19 heavy (non-hydrogen) atoms. The van der Waals surface area contributed by atoms with Crippen LogP contribution in [0.4, 0.5) is 0 Å². The molecule has 0 spiro atoms. The molecule has 1 aliphatic heterocycles. The molecular formula is C15H19NO3. The van der Waals surface area contributed by atoms with Crippen LogP contribution in [0.3, 0.4) is 0 Å². The maximum Gasteiger partial charge on any atom is 0.185 e. The van der Waals surface area contributed by atoms with Crippen molar-refractivity contribution in [3.8, 4) is 0 Å². The molecule has 4 nitrogen and oxygen atoms in total. The van der Waals surface area contributed by atoms with Crippen LogP contribution in [0.1, 0.15) is 5.56 Å². The molecule has 1 atom stereocenters. The van der Waals surface area contributed by atoms with E-state index in [2.05, 4.69) is 11.5 Å². The second-order valence-electron chi connectivity index (χ2n) is 4.51. The lowest BCUT2D eigenvalue weighted by molar-refractivity contribution is -0.135. The van der Waals surface area contributed by atoms with Gasteiger partial charge in [-0.3, -0.25) is 9.69 Å². The molecule has 0 radical (unpaired) electrons. The lowest BCUT2D eigenvalue weighted by atomic mass is 10.2. The fourth-order valence-corrected chi connectivity index (χ4v) is 1.99. The third kappa shape index (κ3) is 4.28. The SMILES string of the molecule is C=CC(=O)C1CN(COCc2ccccc2)CCO1. The van der Waals surface area contributed by atoms with E-state index >= 15 is 0 Å². The molecule has 0 amide bonds. The van der Waals surface area contributed by atoms with Crippen LogP contribution in [0, 0.1) is 0 Å². The number of rotatable bonds is 6. The molecule has 4 heteroatoms. The third-order valence-corrected chi connectivity index (χ3v) is 3.05. The number of morpholine rings is 1. The number of carbonyl (C=O) groups is 1. The summed E-state index contributed by atoms with van der Waals surface area (Å²) in [5, 5.41) is 0. The quantitative estimate of drug-likeness (QED) is 0.729. The summed E-state index contributed by atoms with van der Waals surface area (Å²) in [6.07, 6.45) is 0.922. The molecule has 1 fully saturated rings. The molecule has 2 rings (SSSR count). The van der Waals surface area contributed by atoms with Crippen LogP contribution in [0.2, 0.25) is 0 Å². The standard InChI is InChI=1S/C15H19NO3/c1-2-14(17)15-10-16(8-9-19-15)12-18-11-13-6-4-3-5-7-13/h2-7,15H,1,8-12H2. The molecule has 0 bridgehead atoms. The van der Waals surface area contributed by atoms with Gasteiger partial charge in [0, 0.05) is 13.1 Å². The van der Waals surface area contributed by atoms with Crippen molar-refractivity contribution in [1.29, 1.82) is 0 Å². The Bertz CT molecular complexity index is 419. The van der Waals surface area contributed by atoms with Crippen molar-refractivity contribution in [2.24, 2.45) is 0 Å². The summed E-state index contributed by atoms with van der Waals surface area (Å²) in [4.78, 5) is 13.6. The van der Waals surface area contributed by atoms with Crippen molar-refractivity contribution in [1.82, 2.24) is 4.90 Å². The molecule has 0 N–H and O–H groups in total. The molecule has 1 unspecified atom stereocenters. The van der Waals surface area contributed by atoms with Crippen molar-refractivity contribution in [2.45, 2.75) is 12.7 Å². The second-order valence-corrected chi connectivity index (χ2v) is 4.51. The van der Waals surface area contributed by atoms with E-state index in [1.165, 1.54) is 6.08 Å². The minimum Gasteiger partial charge on any atom is -0.367 e. The van der Waals surface area contributed by atoms with Crippen molar-refractivity contribution < 1.29 is 14.3 Å². The molecule has 1 aliphatic rings. The molecule has 1 saturated heterocycles. The van der Waals surface area contributed by atoms with Gasteiger partial charge in [-0.2, -0.15) is 0 Å². The van der Waals surface area contributed by atoms with E-state index in [0.29, 0.717) is 26.5 Å². The molecule has 1 aromatic carbocycles. The summed E-state index contributed by atoms with van der Waals surface area (Å²) >= 11 is 0. The highest BCUT2D eigenvalue weighted by Crippen LogP contribution is 2.08. The Balaban J connectivity index is 1.74. The van der Waals surface area contributed by atoms with E-state index in [-0.39, 0.29) is 5.78 Å². The van der Waals surface area contributed by atoms with Crippen LogP contribution in [0.15, 0.2) is 43.0 Å². The maximum absolute atomic E-state index is 11.5. The Labute approximate surface area is 113 Å². The molecule has 0 aliphatic carbocycles. The van der Waals surface area contributed by atoms with Gasteiger partial charge >= 0.3 is 0 Å². The Morgan fingerprint density at radius 2 is 2.26 bits per heavy atom. The number of nitrogens with zero attached hydrogens (tertiary/aromatic N) is 1. The van der Waals surface area contributed by atoms with E-state index in [0.717, 1.165) is 12.1 Å². The van der Waals surface area contributed by atoms with E-state index in [9.17, 15) is 4.79 Å². The van der Waals surface area contributed by atoms with Gasteiger partial charge in [0.05, 0.1) is 19.9 Å². The molecule has 1 aromatic rings. The Kier molecular flexibility index (Phi) is 5.27. The minimum atomic E-state index is -0.397. The number of hydrogen-bond acceptors (Lipinski definition) is 4. The summed E-state index contributed by atoms with van der Waals surface area (Å²) in [6, 6.07) is 10.0. The van der Waals surface area contributed by atoms with Crippen molar-refractivity contribution >= 4 is 5.78 Å². The zero-order chi connectivity index (χ0) is 13.5. The second kappa shape index (κ2) is 7.19. The first-order valence-corrected chi connectivity index (χ1v) is 6.41. The van der Waals surface area contributed by atoms with Gasteiger partial charge in [-0.25, -0.2) is 0 Å². The third-order valence-electron chi connectivity index (χ3n) is 3.05. The zero-order valence-electron chi connectivity index (χ0n) is 11.0. The van der Waals surface area contributed by atoms with E-state index < -0.39 is 6.10 Å². The van der Waals surface area contributed by atoms with Gasteiger partial charge in [-0.1, -0.05) is 36.9 Å². The van der Waals surface area contributed by atoms with Gasteiger partial charge in [0.1, 0.15) is 6.10 Å². The zero-order valence-corrected chi connectivity index (χ0v) is 11.0. The summed E-state index contributed by atoms with van der Waals surface area (Å²) in [5.41, 5.74) is 1.15. The highest BCUT2D eigenvalue weighted by molar-refractivity contribution is 5.93. The first kappa shape index (κ1) is 13.9. The first-order chi connectivity index (χ1) is 9.29. The Morgan fingerprint density at radius 1 is 1.47 bits per heavy atom. The topological polar surface area (TPSA) is 38.8 Å². The molecule has 0 aromatic heterocycles. The van der Waals surface area contributed by atoms with Crippen LogP contribution in [-0.2, 0) is 20.9 Å². The highest BCUT2D eigenvalue weighted by atomic mass is 16.5. The summed E-state index contributed by atoms with van der Waals surface area (Å²) < 4.78 is 11.1. The summed E-state index contributed by atoms with van der Waals surface area (Å²) in [5.74, 6) is -0.0623. The monoisotopic (exact) mass is 261 g/mol. The molecular weight excluding hydrogens is 242 g/mol. The van der Waals surface area contributed by atoms with Crippen molar-refractivity contribution in [3.05, 3.63) is 48.6 Å². The Morgan fingerprint density at radius 3 is 3.00 bits per heavy atom. The fraction of sp³-hybridized carbons (Fsp3) is 0.400. The van der Waals surface area contributed by atoms with Gasteiger partial charge < -0.3 is 9.47 Å². The van der Waals surface area contributed by atoms with Gasteiger partial charge in [-0.15, -0.1) is 0 Å². The smallest absolute Gasteiger partial charge is 0.185 e. The largest absolute Gasteiger partial charge is 0.367 e. The van der Waals surface area contributed by atoms with Crippen molar-refractivity contribution in [3.63, 3.8) is 0 Å². The average Bonchev–Trinajstić information content (AvgIpc) is 2.48. The van der Waals surface area contributed by atoms with E-state index in [1.807, 2.05) is 30.3 Å². The summed E-state index contributed by atoms with van der Waals surface area (Å²) in [7, 11) is 0. The van der Waals surface area contributed by atoms with Gasteiger partial charge in [0.2, 0.25) is 0 Å². The van der Waals surface area contributed by atoms with Crippen LogP contribution >= 0.6 is 0 Å². The lowest BCUT2D eigenvalue weighted by Crippen LogP contribution is -2.46. The molecule has 0 saturated carbocycles. The first-order valence-electron chi connectivity index (χ1n) is 6.41. The number of hydrogen-bond donors (Lipinski definition) is 0. The number of ketones is 1. The van der Waals surface area contributed by atoms with Gasteiger partial charge in [0.25, 0.3) is 0 Å². The molecule has 1 heterocycles. The molecule has 102 valence electrons. The highest BCUT2D eigenvalue weighted by Gasteiger charge is 2.24. The van der Waals surface area contributed by atoms with Gasteiger partial charge in [-0.05, 0) is 11.6 Å². The lowest BCUT2D eigenvalue weighted by Gasteiger charge is -2.31.